The first-order valence-corrected chi connectivity index (χ1v) is 7.06. The lowest BCUT2D eigenvalue weighted by atomic mass is 9.94. The number of methoxy groups -OCH3 is 1. The molecule has 1 saturated carbocycles. The molecule has 1 aromatic rings. The molecule has 0 bridgehead atoms. The Labute approximate surface area is 113 Å². The lowest BCUT2D eigenvalue weighted by molar-refractivity contribution is 0.303. The van der Waals surface area contributed by atoms with E-state index in [1.165, 1.54) is 32.8 Å². The molecule has 2 fully saturated rings. The first kappa shape index (κ1) is 12.7. The average molecular weight is 264 g/mol. The molecule has 0 amide bonds. The molecule has 0 unspecified atom stereocenters. The highest BCUT2D eigenvalue weighted by molar-refractivity contribution is 5.51. The molecule has 3 rings (SSSR count). The van der Waals surface area contributed by atoms with Gasteiger partial charge in [-0.1, -0.05) is 12.8 Å². The van der Waals surface area contributed by atoms with E-state index in [-0.39, 0.29) is 11.4 Å². The highest BCUT2D eigenvalue weighted by atomic mass is 19.1. The second-order valence-corrected chi connectivity index (χ2v) is 5.65. The van der Waals surface area contributed by atoms with Crippen LogP contribution in [-0.2, 0) is 0 Å². The minimum absolute atomic E-state index is 0.259. The van der Waals surface area contributed by atoms with Crippen LogP contribution >= 0.6 is 0 Å². The molecule has 1 aromatic carbocycles. The van der Waals surface area contributed by atoms with Gasteiger partial charge in [-0.2, -0.15) is 0 Å². The molecule has 1 saturated heterocycles. The number of piperazine rings is 1. The summed E-state index contributed by atoms with van der Waals surface area (Å²) in [5.41, 5.74) is 1.22. The monoisotopic (exact) mass is 264 g/mol. The minimum Gasteiger partial charge on any atom is -0.494 e. The Morgan fingerprint density at radius 1 is 1.32 bits per heavy atom. The fraction of sp³-hybridized carbons (Fsp3) is 0.600. The van der Waals surface area contributed by atoms with Crippen LogP contribution in [0.5, 0.6) is 5.75 Å². The Morgan fingerprint density at radius 2 is 2.11 bits per heavy atom. The van der Waals surface area contributed by atoms with E-state index in [0.717, 1.165) is 25.3 Å². The third kappa shape index (κ3) is 2.41. The number of halogens is 1. The molecule has 19 heavy (non-hydrogen) atoms. The van der Waals surface area contributed by atoms with Crippen molar-refractivity contribution in [2.75, 3.05) is 31.6 Å². The van der Waals surface area contributed by atoms with Crippen molar-refractivity contribution in [1.29, 1.82) is 0 Å². The number of nitrogens with zero attached hydrogens (tertiary/aromatic N) is 1. The maximum atomic E-state index is 13.8. The van der Waals surface area contributed by atoms with Crippen LogP contribution in [0.25, 0.3) is 0 Å². The number of benzene rings is 1. The Morgan fingerprint density at radius 3 is 2.79 bits per heavy atom. The topological polar surface area (TPSA) is 24.5 Å². The normalized spacial score (nSPS) is 21.9. The molecule has 1 aliphatic heterocycles. The summed E-state index contributed by atoms with van der Waals surface area (Å²) in [6, 6.07) is 5.26. The first-order chi connectivity index (χ1) is 9.22. The molecule has 2 aliphatic rings. The largest absolute Gasteiger partial charge is 0.494 e. The maximum absolute atomic E-state index is 13.8. The molecular weight excluding hydrogens is 243 g/mol. The summed E-state index contributed by atoms with van der Waals surface area (Å²) < 4.78 is 18.8. The summed E-state index contributed by atoms with van der Waals surface area (Å²) in [6.07, 6.45) is 5.08. The van der Waals surface area contributed by atoms with Crippen LogP contribution in [0, 0.1) is 5.82 Å². The van der Waals surface area contributed by atoms with Crippen LogP contribution in [0.15, 0.2) is 18.2 Å². The molecule has 0 aromatic heterocycles. The van der Waals surface area contributed by atoms with E-state index >= 15 is 0 Å². The fourth-order valence-corrected chi connectivity index (χ4v) is 3.42. The van der Waals surface area contributed by atoms with Crippen molar-refractivity contribution in [3.63, 3.8) is 0 Å². The molecule has 4 heteroatoms. The zero-order valence-corrected chi connectivity index (χ0v) is 11.4. The molecule has 1 heterocycles. The van der Waals surface area contributed by atoms with Crippen LogP contribution in [0.3, 0.4) is 0 Å². The Balaban J connectivity index is 1.79. The van der Waals surface area contributed by atoms with Crippen LogP contribution in [0.2, 0.25) is 0 Å². The molecular formula is C15H21FN2O. The summed E-state index contributed by atoms with van der Waals surface area (Å²) in [4.78, 5) is 2.30. The lowest BCUT2D eigenvalue weighted by Crippen LogP contribution is -2.59. The molecule has 1 N–H and O–H groups in total. The lowest BCUT2D eigenvalue weighted by Gasteiger charge is -2.42. The van der Waals surface area contributed by atoms with E-state index < -0.39 is 0 Å². The number of nitrogens with one attached hydrogen (secondary N) is 1. The molecule has 3 nitrogen and oxygen atoms in total. The van der Waals surface area contributed by atoms with Gasteiger partial charge in [0.15, 0.2) is 11.6 Å². The van der Waals surface area contributed by atoms with Crippen molar-refractivity contribution in [3.05, 3.63) is 24.0 Å². The number of rotatable bonds is 2. The third-order valence-electron chi connectivity index (χ3n) is 4.44. The summed E-state index contributed by atoms with van der Waals surface area (Å²) in [5.74, 6) is 0.0356. The maximum Gasteiger partial charge on any atom is 0.167 e. The quantitative estimate of drug-likeness (QED) is 0.888. The molecule has 1 spiro atoms. The van der Waals surface area contributed by atoms with Crippen LogP contribution in [-0.4, -0.2) is 32.3 Å². The van der Waals surface area contributed by atoms with Crippen molar-refractivity contribution in [2.24, 2.45) is 0 Å². The van der Waals surface area contributed by atoms with E-state index in [4.69, 9.17) is 4.74 Å². The molecule has 0 atom stereocenters. The van der Waals surface area contributed by atoms with Crippen LogP contribution in [0.4, 0.5) is 10.1 Å². The first-order valence-electron chi connectivity index (χ1n) is 7.06. The van der Waals surface area contributed by atoms with Crippen LogP contribution in [0.1, 0.15) is 25.7 Å². The van der Waals surface area contributed by atoms with Gasteiger partial charge in [0.1, 0.15) is 0 Å². The van der Waals surface area contributed by atoms with E-state index in [1.54, 1.807) is 12.1 Å². The highest BCUT2D eigenvalue weighted by Crippen LogP contribution is 2.34. The highest BCUT2D eigenvalue weighted by Gasteiger charge is 2.37. The Kier molecular flexibility index (Phi) is 3.35. The summed E-state index contributed by atoms with van der Waals surface area (Å²) >= 11 is 0. The summed E-state index contributed by atoms with van der Waals surface area (Å²) in [7, 11) is 1.50. The van der Waals surface area contributed by atoms with Crippen LogP contribution < -0.4 is 15.0 Å². The van der Waals surface area contributed by atoms with Crippen molar-refractivity contribution < 1.29 is 9.13 Å². The predicted molar refractivity (Wildman–Crippen MR) is 74.4 cm³/mol. The summed E-state index contributed by atoms with van der Waals surface area (Å²) in [5, 5.41) is 3.67. The van der Waals surface area contributed by atoms with Gasteiger partial charge in [0.05, 0.1) is 7.11 Å². The Bertz CT molecular complexity index is 457. The summed E-state index contributed by atoms with van der Waals surface area (Å²) in [6.45, 7) is 2.90. The predicted octanol–water partition coefficient (Wildman–Crippen LogP) is 2.56. The van der Waals surface area contributed by atoms with Crippen molar-refractivity contribution >= 4 is 5.69 Å². The second-order valence-electron chi connectivity index (χ2n) is 5.65. The van der Waals surface area contributed by atoms with E-state index in [2.05, 4.69) is 10.2 Å². The van der Waals surface area contributed by atoms with Gasteiger partial charge in [-0.25, -0.2) is 4.39 Å². The van der Waals surface area contributed by atoms with E-state index in [9.17, 15) is 4.39 Å². The molecule has 104 valence electrons. The fourth-order valence-electron chi connectivity index (χ4n) is 3.42. The van der Waals surface area contributed by atoms with Gasteiger partial charge >= 0.3 is 0 Å². The van der Waals surface area contributed by atoms with Gasteiger partial charge in [-0.3, -0.25) is 0 Å². The molecule has 0 radical (unpaired) electrons. The zero-order chi connectivity index (χ0) is 13.3. The Hall–Kier alpha value is -1.29. The van der Waals surface area contributed by atoms with Crippen molar-refractivity contribution in [1.82, 2.24) is 5.32 Å². The standard InChI is InChI=1S/C15H21FN2O/c1-19-14-5-4-12(10-13(14)16)18-9-8-17-15(11-18)6-2-3-7-15/h4-5,10,17H,2-3,6-9,11H2,1H3. The average Bonchev–Trinajstić information content (AvgIpc) is 2.86. The van der Waals surface area contributed by atoms with Gasteiger partial charge in [0, 0.05) is 36.9 Å². The van der Waals surface area contributed by atoms with Crippen molar-refractivity contribution in [3.8, 4) is 5.75 Å². The number of ether oxygens (including phenoxy) is 1. The SMILES string of the molecule is COc1ccc(N2CCNC3(CCCC3)C2)cc1F. The third-order valence-corrected chi connectivity index (χ3v) is 4.44. The number of hydrogen-bond donors (Lipinski definition) is 1. The molecule has 1 aliphatic carbocycles. The van der Waals surface area contributed by atoms with Crippen molar-refractivity contribution in [2.45, 2.75) is 31.2 Å². The number of hydrogen-bond acceptors (Lipinski definition) is 3. The smallest absolute Gasteiger partial charge is 0.167 e. The van der Waals surface area contributed by atoms with E-state index in [0.29, 0.717) is 5.75 Å². The van der Waals surface area contributed by atoms with E-state index in [1.807, 2.05) is 6.07 Å². The van der Waals surface area contributed by atoms with Gasteiger partial charge < -0.3 is 15.0 Å². The van der Waals surface area contributed by atoms with Gasteiger partial charge in [-0.15, -0.1) is 0 Å². The van der Waals surface area contributed by atoms with Gasteiger partial charge in [0.2, 0.25) is 0 Å². The van der Waals surface area contributed by atoms with Gasteiger partial charge in [-0.05, 0) is 25.0 Å². The second kappa shape index (κ2) is 5.00. The van der Waals surface area contributed by atoms with Gasteiger partial charge in [0.25, 0.3) is 0 Å². The zero-order valence-electron chi connectivity index (χ0n) is 11.4. The number of anilines is 1. The minimum atomic E-state index is -0.279.